The third-order valence-corrected chi connectivity index (χ3v) is 8.24. The molecule has 1 aliphatic rings. The number of carbonyl (C=O) groups excluding carboxylic acids is 2. The largest absolute Gasteiger partial charge is 0.418 e. The van der Waals surface area contributed by atoms with Gasteiger partial charge in [-0.15, -0.1) is 11.3 Å². The number of fused-ring (bicyclic) bond motifs is 1. The monoisotopic (exact) mass is 621 g/mol. The topological polar surface area (TPSA) is 131 Å². The molecule has 1 fully saturated rings. The highest BCUT2D eigenvalue weighted by atomic mass is 35.5. The van der Waals surface area contributed by atoms with Gasteiger partial charge in [-0.05, 0) is 51.9 Å². The van der Waals surface area contributed by atoms with Crippen molar-refractivity contribution >= 4 is 51.6 Å². The van der Waals surface area contributed by atoms with Gasteiger partial charge < -0.3 is 15.5 Å². The van der Waals surface area contributed by atoms with Crippen molar-refractivity contribution in [3.05, 3.63) is 57.1 Å². The van der Waals surface area contributed by atoms with Gasteiger partial charge in [-0.1, -0.05) is 18.0 Å². The van der Waals surface area contributed by atoms with Crippen molar-refractivity contribution in [3.8, 4) is 0 Å². The minimum absolute atomic E-state index is 0.117. The van der Waals surface area contributed by atoms with Crippen molar-refractivity contribution in [1.29, 1.82) is 0 Å². The quantitative estimate of drug-likeness (QED) is 0.268. The first-order chi connectivity index (χ1) is 20.1. The normalized spacial score (nSPS) is 15.1. The number of carbonyl (C=O) groups is 2. The highest BCUT2D eigenvalue weighted by Gasteiger charge is 2.34. The number of hydrogen-bond donors (Lipinski definition) is 2. The maximum absolute atomic E-state index is 13.1. The summed E-state index contributed by atoms with van der Waals surface area (Å²) >= 11 is 6.57. The molecule has 1 atom stereocenters. The lowest BCUT2D eigenvalue weighted by atomic mass is 10.1. The van der Waals surface area contributed by atoms with Crippen molar-refractivity contribution in [3.63, 3.8) is 0 Å². The van der Waals surface area contributed by atoms with Gasteiger partial charge in [0.05, 0.1) is 28.2 Å². The van der Waals surface area contributed by atoms with Gasteiger partial charge in [0.2, 0.25) is 0 Å². The van der Waals surface area contributed by atoms with Crippen LogP contribution in [-0.2, 0) is 12.7 Å². The summed E-state index contributed by atoms with van der Waals surface area (Å²) in [7, 11) is 0. The molecule has 4 aromatic rings. The molecule has 0 aromatic carbocycles. The molecular weight excluding hydrogens is 595 g/mol. The van der Waals surface area contributed by atoms with Crippen molar-refractivity contribution in [1.82, 2.24) is 39.9 Å². The van der Waals surface area contributed by atoms with Crippen molar-refractivity contribution < 1.29 is 22.8 Å². The first-order valence-electron chi connectivity index (χ1n) is 13.3. The lowest BCUT2D eigenvalue weighted by Gasteiger charge is -2.26. The number of anilines is 1. The van der Waals surface area contributed by atoms with E-state index in [-0.39, 0.29) is 16.4 Å². The number of amides is 2. The van der Waals surface area contributed by atoms with E-state index in [9.17, 15) is 22.8 Å². The Labute approximate surface area is 247 Å². The molecule has 2 amide bonds. The highest BCUT2D eigenvalue weighted by molar-refractivity contribution is 7.13. The zero-order valence-electron chi connectivity index (χ0n) is 22.5. The van der Waals surface area contributed by atoms with Gasteiger partial charge >= 0.3 is 6.18 Å². The molecule has 2 N–H and O–H groups in total. The number of pyridine rings is 1. The Kier molecular flexibility index (Phi) is 8.99. The number of nitrogens with one attached hydrogen (secondary N) is 2. The number of hydrogen-bond acceptors (Lipinski definition) is 9. The molecule has 0 aliphatic carbocycles. The molecule has 1 unspecified atom stereocenters. The van der Waals surface area contributed by atoms with E-state index < -0.39 is 34.6 Å². The molecule has 0 radical (unpaired) electrons. The Morgan fingerprint density at radius 1 is 1.07 bits per heavy atom. The van der Waals surface area contributed by atoms with Crippen LogP contribution in [0.4, 0.5) is 19.0 Å². The second kappa shape index (κ2) is 12.7. The predicted molar refractivity (Wildman–Crippen MR) is 150 cm³/mol. The molecule has 42 heavy (non-hydrogen) atoms. The van der Waals surface area contributed by atoms with Crippen molar-refractivity contribution in [2.75, 3.05) is 25.0 Å². The summed E-state index contributed by atoms with van der Waals surface area (Å²) in [6, 6.07) is 0.0591. The Bertz CT molecular complexity index is 1590. The van der Waals surface area contributed by atoms with E-state index in [1.54, 1.807) is 17.8 Å². The maximum Gasteiger partial charge on any atom is 0.418 e. The molecule has 0 saturated carbocycles. The zero-order valence-corrected chi connectivity index (χ0v) is 24.1. The first kappa shape index (κ1) is 29.8. The number of piperidine rings is 1. The van der Waals surface area contributed by atoms with Crippen LogP contribution in [0.2, 0.25) is 5.02 Å². The fourth-order valence-corrected chi connectivity index (χ4v) is 5.67. The summed E-state index contributed by atoms with van der Waals surface area (Å²) in [5, 5.41) is 9.99. The molecule has 16 heteroatoms. The van der Waals surface area contributed by atoms with Gasteiger partial charge in [-0.3, -0.25) is 14.3 Å². The Balaban J connectivity index is 1.21. The zero-order chi connectivity index (χ0) is 29.9. The Hall–Kier alpha value is -3.69. The van der Waals surface area contributed by atoms with E-state index in [4.69, 9.17) is 11.6 Å². The fourth-order valence-electron chi connectivity index (χ4n) is 4.64. The number of aromatic nitrogens is 6. The molecule has 4 aromatic heterocycles. The van der Waals surface area contributed by atoms with Gasteiger partial charge in [0.1, 0.15) is 27.7 Å². The second-order valence-electron chi connectivity index (χ2n) is 9.87. The van der Waals surface area contributed by atoms with Crippen molar-refractivity contribution in [2.24, 2.45) is 0 Å². The second-order valence-corrected chi connectivity index (χ2v) is 11.3. The average molecular weight is 622 g/mol. The molecule has 5 heterocycles. The first-order valence-corrected chi connectivity index (χ1v) is 14.5. The van der Waals surface area contributed by atoms with Gasteiger partial charge in [0, 0.05) is 18.9 Å². The molecule has 11 nitrogen and oxygen atoms in total. The van der Waals surface area contributed by atoms with Crippen LogP contribution < -0.4 is 10.6 Å². The predicted octanol–water partition coefficient (Wildman–Crippen LogP) is 4.97. The third-order valence-electron chi connectivity index (χ3n) is 6.76. The standard InChI is InChI=1S/C26H27ClF3N9O2S/c1-15(25-32-12-19(42-25)23(40)36-20-10-17(26(28,29)30)18(27)11-31-20)35-24(41)21-16-13-39(37-22(16)34-14-33-21)9-5-8-38-6-3-2-4-7-38/h10-15H,2-9H2,1H3,(H,35,41)(H,31,36,40). The summed E-state index contributed by atoms with van der Waals surface area (Å²) in [4.78, 5) is 44.7. The lowest BCUT2D eigenvalue weighted by Crippen LogP contribution is -2.31. The molecule has 222 valence electrons. The summed E-state index contributed by atoms with van der Waals surface area (Å²) in [6.07, 6.45) is 5.14. The SMILES string of the molecule is CC(NC(=O)c1ncnc2nn(CCCN3CCCCC3)cc12)c1ncc(C(=O)Nc2cc(C(F)(F)F)c(Cl)cn2)s1. The van der Waals surface area contributed by atoms with Gasteiger partial charge in [0.15, 0.2) is 5.65 Å². The summed E-state index contributed by atoms with van der Waals surface area (Å²) in [5.74, 6) is -1.48. The summed E-state index contributed by atoms with van der Waals surface area (Å²) in [5.41, 5.74) is -0.533. The third kappa shape index (κ3) is 7.02. The number of nitrogens with zero attached hydrogens (tertiary/aromatic N) is 7. The molecule has 0 bridgehead atoms. The summed E-state index contributed by atoms with van der Waals surface area (Å²) in [6.45, 7) is 5.63. The van der Waals surface area contributed by atoms with E-state index in [1.807, 2.05) is 0 Å². The fraction of sp³-hybridized carbons (Fsp3) is 0.423. The average Bonchev–Trinajstić information content (AvgIpc) is 3.62. The number of aryl methyl sites for hydroxylation is 1. The van der Waals surface area contributed by atoms with Crippen LogP contribution in [-0.4, -0.2) is 66.1 Å². The Morgan fingerprint density at radius 3 is 2.62 bits per heavy atom. The van der Waals surface area contributed by atoms with Gasteiger partial charge in [-0.25, -0.2) is 19.9 Å². The van der Waals surface area contributed by atoms with Gasteiger partial charge in [-0.2, -0.15) is 18.3 Å². The smallest absolute Gasteiger partial charge is 0.342 e. The van der Waals surface area contributed by atoms with E-state index in [0.29, 0.717) is 28.7 Å². The van der Waals surface area contributed by atoms with Crippen LogP contribution in [0.5, 0.6) is 0 Å². The lowest BCUT2D eigenvalue weighted by molar-refractivity contribution is -0.137. The molecule has 0 spiro atoms. The van der Waals surface area contributed by atoms with E-state index in [2.05, 4.69) is 40.6 Å². The Morgan fingerprint density at radius 2 is 1.86 bits per heavy atom. The molecule has 1 aliphatic heterocycles. The number of alkyl halides is 3. The minimum atomic E-state index is -4.70. The summed E-state index contributed by atoms with van der Waals surface area (Å²) < 4.78 is 41.2. The van der Waals surface area contributed by atoms with Gasteiger partial charge in [0.25, 0.3) is 11.8 Å². The van der Waals surface area contributed by atoms with E-state index in [0.717, 1.165) is 43.6 Å². The highest BCUT2D eigenvalue weighted by Crippen LogP contribution is 2.35. The number of halogens is 4. The maximum atomic E-state index is 13.1. The number of rotatable bonds is 9. The van der Waals surface area contributed by atoms with Crippen LogP contribution in [0.25, 0.3) is 11.0 Å². The van der Waals surface area contributed by atoms with E-state index >= 15 is 0 Å². The minimum Gasteiger partial charge on any atom is -0.342 e. The van der Waals surface area contributed by atoms with Crippen LogP contribution in [0.1, 0.15) is 69.4 Å². The van der Waals surface area contributed by atoms with Crippen LogP contribution in [0, 0.1) is 0 Å². The molecule has 1 saturated heterocycles. The number of likely N-dealkylation sites (tertiary alicyclic amines) is 1. The van der Waals surface area contributed by atoms with Crippen LogP contribution in [0.15, 0.2) is 31.0 Å². The van der Waals surface area contributed by atoms with E-state index in [1.165, 1.54) is 31.8 Å². The number of thiazole rings is 1. The van der Waals surface area contributed by atoms with Crippen molar-refractivity contribution in [2.45, 2.75) is 51.4 Å². The van der Waals surface area contributed by atoms with Crippen LogP contribution in [0.3, 0.4) is 0 Å². The molecular formula is C26H27ClF3N9O2S. The molecule has 5 rings (SSSR count). The van der Waals surface area contributed by atoms with Crippen LogP contribution >= 0.6 is 22.9 Å².